The topological polar surface area (TPSA) is 32.4 Å². The van der Waals surface area contributed by atoms with Crippen molar-refractivity contribution in [1.82, 2.24) is 0 Å². The largest absolute Gasteiger partial charge is 0.370 e. The molecule has 1 heterocycles. The van der Waals surface area contributed by atoms with Gasteiger partial charge >= 0.3 is 0 Å². The molecule has 2 aliphatic rings. The van der Waals surface area contributed by atoms with Crippen LogP contribution in [0.5, 0.6) is 0 Å². The molecule has 0 N–H and O–H groups in total. The number of fused-ring (bicyclic) bond motifs is 1. The van der Waals surface area contributed by atoms with Gasteiger partial charge in [-0.05, 0) is 30.8 Å². The van der Waals surface area contributed by atoms with E-state index in [0.717, 1.165) is 18.9 Å². The Kier molecular flexibility index (Phi) is 2.04. The fraction of sp³-hybridized carbons (Fsp3) is 1.00. The first-order chi connectivity index (χ1) is 5.31. The Morgan fingerprint density at radius 2 is 2.27 bits per heavy atom. The first-order valence-corrected chi connectivity index (χ1v) is 6.58. The van der Waals surface area contributed by atoms with E-state index >= 15 is 0 Å². The number of epoxide rings is 1. The average molecular weight is 171 g/mol. The van der Waals surface area contributed by atoms with E-state index in [1.807, 2.05) is 6.92 Å². The van der Waals surface area contributed by atoms with E-state index in [2.05, 4.69) is 0 Å². The second-order valence-electron chi connectivity index (χ2n) is 3.73. The predicted molar refractivity (Wildman–Crippen MR) is 44.6 cm³/mol. The molecule has 2 fully saturated rings. The highest BCUT2D eigenvalue weighted by Crippen LogP contribution is 2.43. The normalized spacial score (nSPS) is 44.7. The second kappa shape index (κ2) is 2.88. The van der Waals surface area contributed by atoms with Gasteiger partial charge in [0.15, 0.2) is 0 Å². The molecule has 1 saturated carbocycles. The summed E-state index contributed by atoms with van der Waals surface area (Å²) < 4.78 is 5.39. The summed E-state index contributed by atoms with van der Waals surface area (Å²) in [6, 6.07) is 0.919. The lowest BCUT2D eigenvalue weighted by Crippen LogP contribution is -2.23. The Hall–Kier alpha value is 0.137. The standard InChI is InChI=1S/C8H15O2Si/c1-2-11(9)6-3-4-7-8(5-6)10-7/h6-8,11H,2-5H2,1H3. The molecule has 0 amide bonds. The molecular weight excluding hydrogens is 156 g/mol. The highest BCUT2D eigenvalue weighted by molar-refractivity contribution is 6.51. The first kappa shape index (κ1) is 7.77. The zero-order valence-electron chi connectivity index (χ0n) is 6.95. The van der Waals surface area contributed by atoms with Crippen LogP contribution in [0, 0.1) is 0 Å². The molecule has 3 heteroatoms. The predicted octanol–water partition coefficient (Wildman–Crippen LogP) is 1.48. The summed E-state index contributed by atoms with van der Waals surface area (Å²) >= 11 is 0. The van der Waals surface area contributed by atoms with Crippen LogP contribution < -0.4 is 0 Å². The summed E-state index contributed by atoms with van der Waals surface area (Å²) in [4.78, 5) is 11.5. The van der Waals surface area contributed by atoms with Crippen molar-refractivity contribution < 1.29 is 9.53 Å². The molecule has 2 rings (SSSR count). The van der Waals surface area contributed by atoms with E-state index in [9.17, 15) is 4.80 Å². The summed E-state index contributed by atoms with van der Waals surface area (Å²) in [5.74, 6) is 0. The summed E-state index contributed by atoms with van der Waals surface area (Å²) in [5.41, 5.74) is 0.545. The van der Waals surface area contributed by atoms with Crippen LogP contribution in [-0.2, 0) is 9.53 Å². The maximum atomic E-state index is 11.5. The quantitative estimate of drug-likeness (QED) is 0.457. The summed E-state index contributed by atoms with van der Waals surface area (Å²) in [7, 11) is -1.60. The summed E-state index contributed by atoms with van der Waals surface area (Å²) in [5, 5.41) is 0. The maximum absolute atomic E-state index is 11.5. The minimum absolute atomic E-state index is 0.504. The molecule has 63 valence electrons. The minimum atomic E-state index is -1.60. The molecule has 0 spiro atoms. The first-order valence-electron chi connectivity index (χ1n) is 4.62. The SMILES string of the molecule is CC[SiH]([O])C1CCC2OC2C1. The van der Waals surface area contributed by atoms with Gasteiger partial charge in [0.2, 0.25) is 9.04 Å². The second-order valence-corrected chi connectivity index (χ2v) is 6.57. The fourth-order valence-corrected chi connectivity index (χ4v) is 3.91. The molecule has 0 aromatic carbocycles. The molecule has 11 heavy (non-hydrogen) atoms. The molecule has 4 unspecified atom stereocenters. The lowest BCUT2D eigenvalue weighted by molar-refractivity contribution is 0.370. The summed E-state index contributed by atoms with van der Waals surface area (Å²) in [6.45, 7) is 2.05. The lowest BCUT2D eigenvalue weighted by Gasteiger charge is -2.20. The van der Waals surface area contributed by atoms with Gasteiger partial charge in [0.1, 0.15) is 0 Å². The molecule has 4 atom stereocenters. The Labute approximate surface area is 69.3 Å². The third-order valence-corrected chi connectivity index (χ3v) is 5.43. The monoisotopic (exact) mass is 171 g/mol. The molecule has 1 aliphatic heterocycles. The van der Waals surface area contributed by atoms with Crippen molar-refractivity contribution in [3.05, 3.63) is 0 Å². The van der Waals surface area contributed by atoms with Crippen LogP contribution in [0.3, 0.4) is 0 Å². The van der Waals surface area contributed by atoms with Gasteiger partial charge < -0.3 is 9.53 Å². The van der Waals surface area contributed by atoms with Crippen molar-refractivity contribution in [1.29, 1.82) is 0 Å². The van der Waals surface area contributed by atoms with Crippen LogP contribution >= 0.6 is 0 Å². The smallest absolute Gasteiger partial charge is 0.225 e. The Morgan fingerprint density at radius 3 is 2.91 bits per heavy atom. The van der Waals surface area contributed by atoms with E-state index < -0.39 is 9.04 Å². The van der Waals surface area contributed by atoms with Crippen LogP contribution in [0.2, 0.25) is 11.6 Å². The van der Waals surface area contributed by atoms with Crippen molar-refractivity contribution in [2.45, 2.75) is 50.0 Å². The zero-order chi connectivity index (χ0) is 7.84. The molecule has 2 nitrogen and oxygen atoms in total. The van der Waals surface area contributed by atoms with Crippen molar-refractivity contribution in [3.63, 3.8) is 0 Å². The average Bonchev–Trinajstić information content (AvgIpc) is 2.80. The number of rotatable bonds is 2. The summed E-state index contributed by atoms with van der Waals surface area (Å²) in [6.07, 6.45) is 4.49. The van der Waals surface area contributed by atoms with Crippen LogP contribution in [0.4, 0.5) is 0 Å². The van der Waals surface area contributed by atoms with Crippen LogP contribution in [0.1, 0.15) is 26.2 Å². The Bertz CT molecular complexity index is 151. The number of hydrogen-bond acceptors (Lipinski definition) is 1. The molecule has 0 bridgehead atoms. The van der Waals surface area contributed by atoms with Gasteiger partial charge in [-0.1, -0.05) is 6.92 Å². The van der Waals surface area contributed by atoms with Crippen molar-refractivity contribution in [2.24, 2.45) is 0 Å². The highest BCUT2D eigenvalue weighted by Gasteiger charge is 2.45. The molecule has 1 saturated heterocycles. The van der Waals surface area contributed by atoms with Gasteiger partial charge in [-0.2, -0.15) is 0 Å². The lowest BCUT2D eigenvalue weighted by atomic mass is 10.0. The van der Waals surface area contributed by atoms with Gasteiger partial charge in [0.05, 0.1) is 12.2 Å². The van der Waals surface area contributed by atoms with Gasteiger partial charge in [0.25, 0.3) is 0 Å². The van der Waals surface area contributed by atoms with Crippen LogP contribution in [0.25, 0.3) is 0 Å². The van der Waals surface area contributed by atoms with Crippen molar-refractivity contribution in [2.75, 3.05) is 0 Å². The maximum Gasteiger partial charge on any atom is 0.225 e. The van der Waals surface area contributed by atoms with Crippen molar-refractivity contribution >= 4 is 9.04 Å². The number of hydrogen-bond donors (Lipinski definition) is 0. The highest BCUT2D eigenvalue weighted by atomic mass is 28.3. The van der Waals surface area contributed by atoms with Crippen LogP contribution in [0.15, 0.2) is 0 Å². The van der Waals surface area contributed by atoms with E-state index in [-0.39, 0.29) is 0 Å². The Balaban J connectivity index is 1.84. The fourth-order valence-electron chi connectivity index (χ4n) is 2.11. The molecular formula is C8H15O2Si. The van der Waals surface area contributed by atoms with E-state index in [4.69, 9.17) is 4.74 Å². The zero-order valence-corrected chi connectivity index (χ0v) is 8.11. The van der Waals surface area contributed by atoms with Crippen molar-refractivity contribution in [3.8, 4) is 0 Å². The molecule has 1 aliphatic carbocycles. The molecule has 1 radical (unpaired) electrons. The van der Waals surface area contributed by atoms with E-state index in [1.54, 1.807) is 0 Å². The van der Waals surface area contributed by atoms with Gasteiger partial charge in [-0.15, -0.1) is 0 Å². The third kappa shape index (κ3) is 1.50. The molecule has 0 aromatic rings. The van der Waals surface area contributed by atoms with E-state index in [0.29, 0.717) is 17.7 Å². The van der Waals surface area contributed by atoms with E-state index in [1.165, 1.54) is 6.42 Å². The Morgan fingerprint density at radius 1 is 1.45 bits per heavy atom. The minimum Gasteiger partial charge on any atom is -0.370 e. The molecule has 0 aromatic heterocycles. The van der Waals surface area contributed by atoms with Gasteiger partial charge in [-0.3, -0.25) is 0 Å². The van der Waals surface area contributed by atoms with Gasteiger partial charge in [-0.25, -0.2) is 0 Å². The third-order valence-electron chi connectivity index (χ3n) is 2.97. The van der Waals surface area contributed by atoms with Gasteiger partial charge in [0, 0.05) is 0 Å². The number of ether oxygens (including phenoxy) is 1. The van der Waals surface area contributed by atoms with Crippen LogP contribution in [-0.4, -0.2) is 21.2 Å².